The first kappa shape index (κ1) is 67.9. The Labute approximate surface area is 443 Å². The summed E-state index contributed by atoms with van der Waals surface area (Å²) in [7, 11) is 0. The van der Waals surface area contributed by atoms with Gasteiger partial charge in [-0.15, -0.1) is 0 Å². The highest BCUT2D eigenvalue weighted by Gasteiger charge is 2.44. The van der Waals surface area contributed by atoms with E-state index in [1.165, 1.54) is 193 Å². The van der Waals surface area contributed by atoms with Gasteiger partial charge in [0.15, 0.2) is 6.29 Å². The molecule has 72 heavy (non-hydrogen) atoms. The van der Waals surface area contributed by atoms with Crippen LogP contribution in [0.5, 0.6) is 0 Å². The van der Waals surface area contributed by atoms with Gasteiger partial charge in [0.2, 0.25) is 5.91 Å². The first-order chi connectivity index (χ1) is 35.3. The molecule has 0 saturated carbocycles. The van der Waals surface area contributed by atoms with E-state index in [9.17, 15) is 30.3 Å². The van der Waals surface area contributed by atoms with Crippen molar-refractivity contribution in [1.29, 1.82) is 0 Å². The minimum absolute atomic E-state index is 0.174. The Morgan fingerprint density at radius 1 is 0.486 bits per heavy atom. The van der Waals surface area contributed by atoms with Gasteiger partial charge in [-0.05, 0) is 57.8 Å². The van der Waals surface area contributed by atoms with Gasteiger partial charge in [-0.3, -0.25) is 4.79 Å². The first-order valence-corrected chi connectivity index (χ1v) is 30.5. The molecule has 7 unspecified atom stereocenters. The molecule has 9 nitrogen and oxygen atoms in total. The van der Waals surface area contributed by atoms with Gasteiger partial charge in [0.25, 0.3) is 0 Å². The van der Waals surface area contributed by atoms with Crippen LogP contribution in [-0.4, -0.2) is 87.5 Å². The number of hydrogen-bond donors (Lipinski definition) is 6. The predicted molar refractivity (Wildman–Crippen MR) is 304 cm³/mol. The summed E-state index contributed by atoms with van der Waals surface area (Å²) in [6.45, 7) is 3.67. The van der Waals surface area contributed by atoms with Gasteiger partial charge in [-0.2, -0.15) is 0 Å². The third kappa shape index (κ3) is 41.2. The summed E-state index contributed by atoms with van der Waals surface area (Å²) < 4.78 is 11.2. The van der Waals surface area contributed by atoms with E-state index in [1.807, 2.05) is 6.08 Å². The van der Waals surface area contributed by atoms with Gasteiger partial charge < -0.3 is 40.3 Å². The molecule has 1 amide bonds. The van der Waals surface area contributed by atoms with Crippen LogP contribution >= 0.6 is 0 Å². The predicted octanol–water partition coefficient (Wildman–Crippen LogP) is 15.5. The maximum absolute atomic E-state index is 13.0. The fraction of sp³-hybridized carbons (Fsp3) is 0.825. The number of nitrogens with one attached hydrogen (secondary N) is 1. The van der Waals surface area contributed by atoms with Crippen LogP contribution in [0.1, 0.15) is 277 Å². The van der Waals surface area contributed by atoms with Crippen LogP contribution in [0.25, 0.3) is 0 Å². The summed E-state index contributed by atoms with van der Waals surface area (Å²) in [4.78, 5) is 13.0. The minimum Gasteiger partial charge on any atom is -0.394 e. The van der Waals surface area contributed by atoms with Crippen LogP contribution in [0.2, 0.25) is 0 Å². The lowest BCUT2D eigenvalue weighted by Crippen LogP contribution is -2.60. The second kappa shape index (κ2) is 52.3. The van der Waals surface area contributed by atoms with Crippen molar-refractivity contribution < 1.29 is 39.8 Å². The third-order valence-electron chi connectivity index (χ3n) is 14.3. The number of hydrogen-bond acceptors (Lipinski definition) is 8. The maximum atomic E-state index is 13.0. The highest BCUT2D eigenvalue weighted by Crippen LogP contribution is 2.23. The number of aliphatic hydroxyl groups is 5. The van der Waals surface area contributed by atoms with Crippen molar-refractivity contribution in [2.75, 3.05) is 13.2 Å². The van der Waals surface area contributed by atoms with E-state index in [4.69, 9.17) is 9.47 Å². The Kier molecular flexibility index (Phi) is 49.4. The number of ether oxygens (including phenoxy) is 2. The molecule has 0 radical (unpaired) electrons. The van der Waals surface area contributed by atoms with Gasteiger partial charge in [0.1, 0.15) is 24.4 Å². The van der Waals surface area contributed by atoms with Crippen LogP contribution in [0, 0.1) is 0 Å². The Hall–Kier alpha value is -2.11. The van der Waals surface area contributed by atoms with Gasteiger partial charge in [0, 0.05) is 6.42 Å². The van der Waals surface area contributed by atoms with E-state index in [0.29, 0.717) is 6.42 Å². The molecule has 0 spiro atoms. The van der Waals surface area contributed by atoms with Gasteiger partial charge in [-0.25, -0.2) is 0 Å². The third-order valence-corrected chi connectivity index (χ3v) is 14.3. The van der Waals surface area contributed by atoms with E-state index < -0.39 is 49.5 Å². The second-order valence-corrected chi connectivity index (χ2v) is 21.1. The molecule has 1 heterocycles. The maximum Gasteiger partial charge on any atom is 0.220 e. The Balaban J connectivity index is 2.05. The lowest BCUT2D eigenvalue weighted by Gasteiger charge is -2.40. The molecule has 0 aromatic heterocycles. The molecule has 0 aromatic rings. The summed E-state index contributed by atoms with van der Waals surface area (Å²) in [5.74, 6) is -0.174. The molecule has 420 valence electrons. The van der Waals surface area contributed by atoms with Crippen LogP contribution in [-0.2, 0) is 14.3 Å². The number of rotatable bonds is 52. The van der Waals surface area contributed by atoms with Crippen molar-refractivity contribution in [1.82, 2.24) is 5.32 Å². The number of unbranched alkanes of at least 4 members (excludes halogenated alkanes) is 34. The number of allylic oxidation sites excluding steroid dienone is 9. The Morgan fingerprint density at radius 3 is 1.28 bits per heavy atom. The molecule has 0 aliphatic carbocycles. The fourth-order valence-corrected chi connectivity index (χ4v) is 9.56. The number of carbonyl (C=O) groups is 1. The number of carbonyl (C=O) groups excluding carboxylic acids is 1. The molecule has 1 aliphatic heterocycles. The van der Waals surface area contributed by atoms with E-state index in [2.05, 4.69) is 67.8 Å². The van der Waals surface area contributed by atoms with Crippen molar-refractivity contribution in [2.45, 2.75) is 320 Å². The molecule has 7 atom stereocenters. The molecule has 1 aliphatic rings. The SMILES string of the molecule is CC/C=C\C/C=C\C/C=C\C/C=C\CCCCCCCCCCCCCCCCCCCCCCCCCCC(=O)NC(COC1OC(CO)C(O)C(O)C1O)C(O)/C=C/CCCCCCCCCCCC. The van der Waals surface area contributed by atoms with Gasteiger partial charge >= 0.3 is 0 Å². The van der Waals surface area contributed by atoms with Gasteiger partial charge in [0.05, 0.1) is 25.4 Å². The van der Waals surface area contributed by atoms with Gasteiger partial charge in [-0.1, -0.05) is 274 Å². The summed E-state index contributed by atoms with van der Waals surface area (Å²) in [6.07, 6.45) is 64.6. The topological polar surface area (TPSA) is 149 Å². The Morgan fingerprint density at radius 2 is 0.861 bits per heavy atom. The average Bonchev–Trinajstić information content (AvgIpc) is 3.38. The molecule has 0 bridgehead atoms. The van der Waals surface area contributed by atoms with Crippen molar-refractivity contribution in [3.8, 4) is 0 Å². The van der Waals surface area contributed by atoms with Crippen molar-refractivity contribution >= 4 is 5.91 Å². The molecule has 0 aromatic carbocycles. The standard InChI is InChI=1S/C63H115NO8/c1-3-5-7-9-11-13-15-17-18-19-20-21-22-23-24-25-26-27-28-29-30-31-32-33-34-35-36-37-38-39-40-41-43-45-47-49-51-53-59(67)64-56(55-71-63-62(70)61(69)60(68)58(54-65)72-63)57(66)52-50-48-46-44-42-16-14-12-10-8-6-4-2/h5,7,11,13,17-18,20-21,50,52,56-58,60-63,65-66,68-70H,3-4,6,8-10,12,14-16,19,22-49,51,53-55H2,1-2H3,(H,64,67)/b7-5-,13-11-,18-17-,21-20-,52-50+. The molecule has 1 rings (SSSR count). The van der Waals surface area contributed by atoms with Crippen LogP contribution in [0.15, 0.2) is 60.8 Å². The van der Waals surface area contributed by atoms with Crippen LogP contribution in [0.3, 0.4) is 0 Å². The monoisotopic (exact) mass is 1010 g/mol. The number of amides is 1. The Bertz CT molecular complexity index is 1310. The molecule has 1 fully saturated rings. The van der Waals surface area contributed by atoms with E-state index >= 15 is 0 Å². The second-order valence-electron chi connectivity index (χ2n) is 21.1. The smallest absolute Gasteiger partial charge is 0.220 e. The lowest BCUT2D eigenvalue weighted by atomic mass is 9.99. The van der Waals surface area contributed by atoms with E-state index in [0.717, 1.165) is 64.2 Å². The summed E-state index contributed by atoms with van der Waals surface area (Å²) in [6, 6.07) is -0.803. The quantitative estimate of drug-likeness (QED) is 0.0261. The van der Waals surface area contributed by atoms with Crippen molar-refractivity contribution in [3.63, 3.8) is 0 Å². The van der Waals surface area contributed by atoms with E-state index in [1.54, 1.807) is 6.08 Å². The highest BCUT2D eigenvalue weighted by atomic mass is 16.7. The average molecular weight is 1010 g/mol. The molecular formula is C63H115NO8. The van der Waals surface area contributed by atoms with Crippen molar-refractivity contribution in [2.24, 2.45) is 0 Å². The first-order valence-electron chi connectivity index (χ1n) is 30.5. The normalized spacial score (nSPS) is 19.6. The zero-order chi connectivity index (χ0) is 52.2. The summed E-state index contributed by atoms with van der Waals surface area (Å²) in [5.41, 5.74) is 0. The zero-order valence-corrected chi connectivity index (χ0v) is 46.7. The fourth-order valence-electron chi connectivity index (χ4n) is 9.56. The molecular weight excluding hydrogens is 899 g/mol. The van der Waals surface area contributed by atoms with Crippen LogP contribution < -0.4 is 5.32 Å². The molecule has 1 saturated heterocycles. The molecule has 9 heteroatoms. The van der Waals surface area contributed by atoms with Crippen molar-refractivity contribution in [3.05, 3.63) is 60.8 Å². The number of aliphatic hydroxyl groups excluding tert-OH is 5. The zero-order valence-electron chi connectivity index (χ0n) is 46.7. The summed E-state index contributed by atoms with van der Waals surface area (Å²) >= 11 is 0. The summed E-state index contributed by atoms with van der Waals surface area (Å²) in [5, 5.41) is 54.4. The largest absolute Gasteiger partial charge is 0.394 e. The minimum atomic E-state index is -1.57. The van der Waals surface area contributed by atoms with E-state index in [-0.39, 0.29) is 12.5 Å². The highest BCUT2D eigenvalue weighted by molar-refractivity contribution is 5.76. The molecule has 6 N–H and O–H groups in total. The van der Waals surface area contributed by atoms with Crippen LogP contribution in [0.4, 0.5) is 0 Å². The lowest BCUT2D eigenvalue weighted by molar-refractivity contribution is -0.302.